The molecule has 150 valence electrons. The van der Waals surface area contributed by atoms with Gasteiger partial charge in [0.25, 0.3) is 11.7 Å². The molecular weight excluding hydrogens is 368 g/mol. The van der Waals surface area contributed by atoms with E-state index in [0.717, 1.165) is 31.1 Å². The van der Waals surface area contributed by atoms with Gasteiger partial charge in [-0.25, -0.2) is 4.98 Å². The van der Waals surface area contributed by atoms with Gasteiger partial charge in [0.05, 0.1) is 7.11 Å². The highest BCUT2D eigenvalue weighted by Crippen LogP contribution is 2.44. The average molecular weight is 392 g/mol. The second kappa shape index (κ2) is 6.81. The normalized spacial score (nSPS) is 24.2. The molecule has 0 unspecified atom stereocenters. The summed E-state index contributed by atoms with van der Waals surface area (Å²) in [6.07, 6.45) is 1.82. The van der Waals surface area contributed by atoms with Gasteiger partial charge in [-0.15, -0.1) is 10.2 Å². The zero-order valence-corrected chi connectivity index (χ0v) is 16.8. The van der Waals surface area contributed by atoms with Gasteiger partial charge in [0.2, 0.25) is 5.82 Å². The predicted octanol–water partition coefficient (Wildman–Crippen LogP) is 1.82. The van der Waals surface area contributed by atoms with E-state index in [2.05, 4.69) is 39.3 Å². The summed E-state index contributed by atoms with van der Waals surface area (Å²) in [4.78, 5) is 21.9. The maximum atomic E-state index is 13.2. The molecule has 2 saturated heterocycles. The molecule has 0 bridgehead atoms. The van der Waals surface area contributed by atoms with E-state index in [1.165, 1.54) is 5.56 Å². The van der Waals surface area contributed by atoms with E-state index < -0.39 is 0 Å². The molecule has 3 atom stereocenters. The van der Waals surface area contributed by atoms with Crippen molar-refractivity contribution in [3.63, 3.8) is 0 Å². The summed E-state index contributed by atoms with van der Waals surface area (Å²) in [5.74, 6) is 2.43. The number of rotatable bonds is 3. The van der Waals surface area contributed by atoms with E-state index in [1.54, 1.807) is 11.5 Å². The minimum absolute atomic E-state index is 0.0753. The van der Waals surface area contributed by atoms with Crippen LogP contribution in [-0.4, -0.2) is 69.1 Å². The molecule has 1 amide bonds. The Bertz CT molecular complexity index is 1060. The summed E-state index contributed by atoms with van der Waals surface area (Å²) < 4.78 is 6.97. The smallest absolute Gasteiger partial charge is 0.292 e. The Labute approximate surface area is 169 Å². The number of fused-ring (bicyclic) bond motifs is 2. The van der Waals surface area contributed by atoms with E-state index in [0.29, 0.717) is 29.5 Å². The molecular formula is C21H24N6O2. The Morgan fingerprint density at radius 2 is 1.90 bits per heavy atom. The molecule has 0 N–H and O–H groups in total. The number of ether oxygens (including phenoxy) is 1. The van der Waals surface area contributed by atoms with Gasteiger partial charge in [-0.2, -0.15) is 0 Å². The van der Waals surface area contributed by atoms with Crippen molar-refractivity contribution in [2.75, 3.05) is 33.8 Å². The minimum Gasteiger partial charge on any atom is -0.497 e. The molecule has 0 saturated carbocycles. The number of hydrogen-bond donors (Lipinski definition) is 0. The molecule has 2 aliphatic rings. The van der Waals surface area contributed by atoms with Crippen molar-refractivity contribution in [2.24, 2.45) is 11.8 Å². The van der Waals surface area contributed by atoms with Crippen molar-refractivity contribution in [3.05, 3.63) is 53.6 Å². The molecule has 4 heterocycles. The molecule has 5 rings (SSSR count). The maximum Gasteiger partial charge on any atom is 0.292 e. The Hall–Kier alpha value is -3.00. The number of aromatic nitrogens is 4. The van der Waals surface area contributed by atoms with Crippen LogP contribution in [0.15, 0.2) is 36.5 Å². The highest BCUT2D eigenvalue weighted by molar-refractivity contribution is 5.91. The third kappa shape index (κ3) is 2.95. The first-order chi connectivity index (χ1) is 14.0. The fraction of sp³-hybridized carbons (Fsp3) is 0.429. The summed E-state index contributed by atoms with van der Waals surface area (Å²) in [6, 6.07) is 10.4. The first-order valence-corrected chi connectivity index (χ1v) is 9.87. The first kappa shape index (κ1) is 18.1. The van der Waals surface area contributed by atoms with Crippen molar-refractivity contribution in [2.45, 2.75) is 13.0 Å². The SMILES string of the molecule is COc1ccc([C@H]2[C@@H]3CN(C(=O)c4nnc5nc(C)ccn45)C[C@@H]3CN2C)cc1. The summed E-state index contributed by atoms with van der Waals surface area (Å²) in [5.41, 5.74) is 2.12. The van der Waals surface area contributed by atoms with Crippen LogP contribution in [0.25, 0.3) is 5.78 Å². The Morgan fingerprint density at radius 3 is 2.66 bits per heavy atom. The maximum absolute atomic E-state index is 13.2. The van der Waals surface area contributed by atoms with Gasteiger partial charge >= 0.3 is 0 Å². The Morgan fingerprint density at radius 1 is 1.10 bits per heavy atom. The number of amides is 1. The van der Waals surface area contributed by atoms with E-state index in [1.807, 2.05) is 36.2 Å². The van der Waals surface area contributed by atoms with Crippen molar-refractivity contribution in [3.8, 4) is 5.75 Å². The average Bonchev–Trinajstić information content (AvgIpc) is 3.39. The van der Waals surface area contributed by atoms with Crippen LogP contribution in [0, 0.1) is 18.8 Å². The molecule has 2 aliphatic heterocycles. The van der Waals surface area contributed by atoms with E-state index >= 15 is 0 Å². The number of aryl methyl sites for hydroxylation is 1. The quantitative estimate of drug-likeness (QED) is 0.677. The number of hydrogen-bond acceptors (Lipinski definition) is 6. The van der Waals surface area contributed by atoms with Gasteiger partial charge in [-0.05, 0) is 43.7 Å². The predicted molar refractivity (Wildman–Crippen MR) is 107 cm³/mol. The van der Waals surface area contributed by atoms with Gasteiger partial charge in [-0.3, -0.25) is 14.1 Å². The molecule has 8 heteroatoms. The standard InChI is InChI=1S/C21H24N6O2/c1-13-8-9-27-19(23-24-21(27)22-13)20(28)26-11-15-10-25(2)18(17(15)12-26)14-4-6-16(29-3)7-5-14/h4-9,15,17-18H,10-12H2,1-3H3/t15-,17+,18-/m0/s1. The van der Waals surface area contributed by atoms with Gasteiger partial charge in [-0.1, -0.05) is 12.1 Å². The van der Waals surface area contributed by atoms with Crippen LogP contribution in [0.2, 0.25) is 0 Å². The lowest BCUT2D eigenvalue weighted by molar-refractivity contribution is 0.0754. The minimum atomic E-state index is -0.0753. The number of benzene rings is 1. The van der Waals surface area contributed by atoms with Gasteiger partial charge < -0.3 is 9.64 Å². The third-order valence-electron chi connectivity index (χ3n) is 6.25. The molecule has 3 aromatic rings. The number of nitrogens with zero attached hydrogens (tertiary/aromatic N) is 6. The highest BCUT2D eigenvalue weighted by Gasteiger charge is 2.47. The lowest BCUT2D eigenvalue weighted by Gasteiger charge is -2.26. The zero-order chi connectivity index (χ0) is 20.1. The highest BCUT2D eigenvalue weighted by atomic mass is 16.5. The summed E-state index contributed by atoms with van der Waals surface area (Å²) in [5, 5.41) is 8.19. The topological polar surface area (TPSA) is 75.9 Å². The molecule has 2 fully saturated rings. The number of likely N-dealkylation sites (tertiary alicyclic amines) is 2. The summed E-state index contributed by atoms with van der Waals surface area (Å²) in [6.45, 7) is 4.34. The van der Waals surface area contributed by atoms with Crippen LogP contribution in [0.3, 0.4) is 0 Å². The third-order valence-corrected chi connectivity index (χ3v) is 6.25. The molecule has 0 spiro atoms. The lowest BCUT2D eigenvalue weighted by atomic mass is 9.89. The number of methoxy groups -OCH3 is 1. The molecule has 0 radical (unpaired) electrons. The summed E-state index contributed by atoms with van der Waals surface area (Å²) >= 11 is 0. The second-order valence-corrected chi connectivity index (χ2v) is 8.05. The summed E-state index contributed by atoms with van der Waals surface area (Å²) in [7, 11) is 3.84. The van der Waals surface area contributed by atoms with Crippen LogP contribution in [0.5, 0.6) is 5.75 Å². The van der Waals surface area contributed by atoms with Crippen molar-refractivity contribution in [1.29, 1.82) is 0 Å². The second-order valence-electron chi connectivity index (χ2n) is 8.05. The zero-order valence-electron chi connectivity index (χ0n) is 16.8. The van der Waals surface area contributed by atoms with E-state index in [4.69, 9.17) is 4.74 Å². The molecule has 29 heavy (non-hydrogen) atoms. The molecule has 0 aliphatic carbocycles. The fourth-order valence-corrected chi connectivity index (χ4v) is 4.89. The van der Waals surface area contributed by atoms with Gasteiger partial charge in [0.1, 0.15) is 5.75 Å². The Kier molecular flexibility index (Phi) is 4.24. The van der Waals surface area contributed by atoms with Crippen LogP contribution in [-0.2, 0) is 0 Å². The van der Waals surface area contributed by atoms with Crippen LogP contribution in [0.1, 0.15) is 27.9 Å². The number of carbonyl (C=O) groups excluding carboxylic acids is 1. The van der Waals surface area contributed by atoms with Gasteiger partial charge in [0, 0.05) is 43.5 Å². The van der Waals surface area contributed by atoms with Crippen molar-refractivity contribution in [1.82, 2.24) is 29.4 Å². The van der Waals surface area contributed by atoms with E-state index in [9.17, 15) is 4.79 Å². The number of carbonyl (C=O) groups is 1. The van der Waals surface area contributed by atoms with E-state index in [-0.39, 0.29) is 5.91 Å². The van der Waals surface area contributed by atoms with Gasteiger partial charge in [0.15, 0.2) is 0 Å². The fourth-order valence-electron chi connectivity index (χ4n) is 4.89. The van der Waals surface area contributed by atoms with Crippen LogP contribution < -0.4 is 4.74 Å². The molecule has 2 aromatic heterocycles. The molecule has 1 aromatic carbocycles. The van der Waals surface area contributed by atoms with Crippen LogP contribution in [0.4, 0.5) is 0 Å². The first-order valence-electron chi connectivity index (χ1n) is 9.87. The van der Waals surface area contributed by atoms with Crippen LogP contribution >= 0.6 is 0 Å². The Balaban J connectivity index is 1.39. The monoisotopic (exact) mass is 392 g/mol. The lowest BCUT2D eigenvalue weighted by Crippen LogP contribution is -2.34. The molecule has 8 nitrogen and oxygen atoms in total. The largest absolute Gasteiger partial charge is 0.497 e. The van der Waals surface area contributed by atoms with Crippen molar-refractivity contribution >= 4 is 11.7 Å². The van der Waals surface area contributed by atoms with Crippen molar-refractivity contribution < 1.29 is 9.53 Å².